The maximum Gasteiger partial charge on any atom is 0.257 e. The van der Waals surface area contributed by atoms with E-state index in [0.29, 0.717) is 17.6 Å². The van der Waals surface area contributed by atoms with Crippen LogP contribution in [0.1, 0.15) is 54.7 Å². The first-order valence-corrected chi connectivity index (χ1v) is 12.5. The van der Waals surface area contributed by atoms with Gasteiger partial charge in [-0.25, -0.2) is 0 Å². The second-order valence-electron chi connectivity index (χ2n) is 9.76. The third kappa shape index (κ3) is 5.25. The Hall–Kier alpha value is -3.57. The van der Waals surface area contributed by atoms with Crippen LogP contribution in [0.3, 0.4) is 0 Å². The first-order chi connectivity index (χ1) is 17.0. The average molecular weight is 465 g/mol. The van der Waals surface area contributed by atoms with Crippen molar-refractivity contribution in [3.05, 3.63) is 89.7 Å². The van der Waals surface area contributed by atoms with Crippen LogP contribution in [0.5, 0.6) is 0 Å². The van der Waals surface area contributed by atoms with Crippen LogP contribution in [0, 0.1) is 6.92 Å². The molecule has 0 saturated carbocycles. The van der Waals surface area contributed by atoms with Crippen molar-refractivity contribution in [3.8, 4) is 11.3 Å². The van der Waals surface area contributed by atoms with Gasteiger partial charge in [-0.1, -0.05) is 42.3 Å². The van der Waals surface area contributed by atoms with E-state index in [1.165, 1.54) is 24.8 Å². The van der Waals surface area contributed by atoms with Crippen molar-refractivity contribution in [2.45, 2.75) is 58.7 Å². The smallest absolute Gasteiger partial charge is 0.257 e. The lowest BCUT2D eigenvalue weighted by molar-refractivity contribution is 0.0939. The van der Waals surface area contributed by atoms with Gasteiger partial charge >= 0.3 is 0 Å². The number of aryl methyl sites for hydroxylation is 1. The standard InChI is InChI=1S/C30H32N4O/c1-20-7-9-23(10-8-20)28-15-12-25(18-31-28)30(35)33-26-14-16-29-24(17-26)11-13-27(32-29)19-34-21(2)5-4-6-22(34)3/h7-18,21-22H,4-6,19H2,1-3H3,(H,33,35)/t21-,22+. The second-order valence-corrected chi connectivity index (χ2v) is 9.76. The van der Waals surface area contributed by atoms with Crippen molar-refractivity contribution >= 4 is 22.5 Å². The zero-order valence-corrected chi connectivity index (χ0v) is 20.7. The van der Waals surface area contributed by atoms with Crippen LogP contribution >= 0.6 is 0 Å². The number of nitrogens with one attached hydrogen (secondary N) is 1. The Morgan fingerprint density at radius 1 is 0.971 bits per heavy atom. The number of piperidine rings is 1. The Labute approximate surface area is 207 Å². The number of likely N-dealkylation sites (tertiary alicyclic amines) is 1. The number of hydrogen-bond acceptors (Lipinski definition) is 4. The lowest BCUT2D eigenvalue weighted by atomic mass is 9.97. The molecular formula is C30H32N4O. The molecule has 5 rings (SSSR count). The van der Waals surface area contributed by atoms with Crippen LogP contribution in [0.2, 0.25) is 0 Å². The molecule has 1 amide bonds. The number of pyridine rings is 2. The fraction of sp³-hybridized carbons (Fsp3) is 0.300. The van der Waals surface area contributed by atoms with Gasteiger partial charge in [0.05, 0.1) is 22.5 Å². The molecule has 4 aromatic rings. The maximum absolute atomic E-state index is 12.8. The van der Waals surface area contributed by atoms with Gasteiger partial charge in [-0.3, -0.25) is 19.7 Å². The number of fused-ring (bicyclic) bond motifs is 1. The van der Waals surface area contributed by atoms with Gasteiger partial charge in [0.2, 0.25) is 0 Å². The summed E-state index contributed by atoms with van der Waals surface area (Å²) in [5, 5.41) is 4.01. The van der Waals surface area contributed by atoms with E-state index in [0.717, 1.165) is 40.1 Å². The SMILES string of the molecule is Cc1ccc(-c2ccc(C(=O)Nc3ccc4nc(CN5[C@H](C)CCC[C@@H]5C)ccc4c3)cn2)cc1. The zero-order chi connectivity index (χ0) is 24.4. The predicted molar refractivity (Wildman–Crippen MR) is 142 cm³/mol. The summed E-state index contributed by atoms with van der Waals surface area (Å²) in [6.07, 6.45) is 5.45. The van der Waals surface area contributed by atoms with Gasteiger partial charge in [0.25, 0.3) is 5.91 Å². The number of anilines is 1. The van der Waals surface area contributed by atoms with Crippen molar-refractivity contribution in [2.75, 3.05) is 5.32 Å². The highest BCUT2D eigenvalue weighted by atomic mass is 16.1. The van der Waals surface area contributed by atoms with Gasteiger partial charge in [0.1, 0.15) is 0 Å². The molecule has 5 heteroatoms. The average Bonchev–Trinajstić information content (AvgIpc) is 2.87. The number of nitrogens with zero attached hydrogens (tertiary/aromatic N) is 3. The first kappa shape index (κ1) is 23.2. The molecule has 3 heterocycles. The van der Waals surface area contributed by atoms with Gasteiger partial charge in [-0.2, -0.15) is 0 Å². The molecule has 1 N–H and O–H groups in total. The molecule has 1 saturated heterocycles. The third-order valence-corrected chi connectivity index (χ3v) is 7.10. The molecule has 0 unspecified atom stereocenters. The summed E-state index contributed by atoms with van der Waals surface area (Å²) in [5.74, 6) is -0.176. The first-order valence-electron chi connectivity index (χ1n) is 12.5. The van der Waals surface area contributed by atoms with E-state index in [2.05, 4.69) is 60.2 Å². The van der Waals surface area contributed by atoms with Crippen LogP contribution in [-0.2, 0) is 6.54 Å². The molecule has 2 aromatic heterocycles. The Bertz CT molecular complexity index is 1320. The fourth-order valence-corrected chi connectivity index (χ4v) is 4.93. The minimum absolute atomic E-state index is 0.176. The quantitative estimate of drug-likeness (QED) is 0.361. The van der Waals surface area contributed by atoms with Crippen LogP contribution in [-0.4, -0.2) is 32.9 Å². The number of benzene rings is 2. The van der Waals surface area contributed by atoms with E-state index >= 15 is 0 Å². The maximum atomic E-state index is 12.8. The summed E-state index contributed by atoms with van der Waals surface area (Å²) in [6, 6.07) is 23.2. The van der Waals surface area contributed by atoms with Crippen molar-refractivity contribution in [2.24, 2.45) is 0 Å². The van der Waals surface area contributed by atoms with Crippen molar-refractivity contribution in [1.29, 1.82) is 0 Å². The van der Waals surface area contributed by atoms with Gasteiger partial charge in [0, 0.05) is 41.5 Å². The summed E-state index contributed by atoms with van der Waals surface area (Å²) in [5.41, 5.74) is 6.40. The summed E-state index contributed by atoms with van der Waals surface area (Å²) in [4.78, 5) is 24.7. The van der Waals surface area contributed by atoms with Gasteiger partial charge in [-0.05, 0) is 70.0 Å². The Kier molecular flexibility index (Phi) is 6.60. The number of carbonyl (C=O) groups is 1. The van der Waals surface area contributed by atoms with Crippen molar-refractivity contribution in [3.63, 3.8) is 0 Å². The van der Waals surface area contributed by atoms with E-state index < -0.39 is 0 Å². The number of hydrogen-bond donors (Lipinski definition) is 1. The van der Waals surface area contributed by atoms with E-state index in [1.54, 1.807) is 6.20 Å². The Balaban J connectivity index is 1.27. The lowest BCUT2D eigenvalue weighted by Crippen LogP contribution is -2.43. The highest BCUT2D eigenvalue weighted by molar-refractivity contribution is 6.05. The Morgan fingerprint density at radius 3 is 2.46 bits per heavy atom. The van der Waals surface area contributed by atoms with Crippen molar-refractivity contribution < 1.29 is 4.79 Å². The molecule has 0 radical (unpaired) electrons. The molecule has 0 spiro atoms. The third-order valence-electron chi connectivity index (χ3n) is 7.10. The van der Waals surface area contributed by atoms with E-state index in [4.69, 9.17) is 4.98 Å². The number of amides is 1. The van der Waals surface area contributed by atoms with Gasteiger partial charge in [-0.15, -0.1) is 0 Å². The Morgan fingerprint density at radius 2 is 1.74 bits per heavy atom. The number of rotatable bonds is 5. The molecule has 1 fully saturated rings. The number of carbonyl (C=O) groups excluding carboxylic acids is 1. The fourth-order valence-electron chi connectivity index (χ4n) is 4.93. The monoisotopic (exact) mass is 464 g/mol. The predicted octanol–water partition coefficient (Wildman–Crippen LogP) is 6.62. The molecular weight excluding hydrogens is 432 g/mol. The highest BCUT2D eigenvalue weighted by Gasteiger charge is 2.24. The normalized spacial score (nSPS) is 18.5. The van der Waals surface area contributed by atoms with Crippen LogP contribution < -0.4 is 5.32 Å². The van der Waals surface area contributed by atoms with E-state index in [1.807, 2.05) is 42.5 Å². The molecule has 5 nitrogen and oxygen atoms in total. The molecule has 35 heavy (non-hydrogen) atoms. The van der Waals surface area contributed by atoms with E-state index in [9.17, 15) is 4.79 Å². The molecule has 0 aliphatic carbocycles. The van der Waals surface area contributed by atoms with Crippen LogP contribution in [0.15, 0.2) is 72.9 Å². The van der Waals surface area contributed by atoms with Gasteiger partial charge in [0.15, 0.2) is 0 Å². The van der Waals surface area contributed by atoms with Crippen LogP contribution in [0.25, 0.3) is 22.2 Å². The molecule has 1 aliphatic rings. The summed E-state index contributed by atoms with van der Waals surface area (Å²) < 4.78 is 0. The largest absolute Gasteiger partial charge is 0.322 e. The molecule has 178 valence electrons. The zero-order valence-electron chi connectivity index (χ0n) is 20.7. The molecule has 2 aromatic carbocycles. The van der Waals surface area contributed by atoms with Crippen LogP contribution in [0.4, 0.5) is 5.69 Å². The van der Waals surface area contributed by atoms with E-state index in [-0.39, 0.29) is 5.91 Å². The second kappa shape index (κ2) is 9.96. The molecule has 1 aliphatic heterocycles. The van der Waals surface area contributed by atoms with Crippen molar-refractivity contribution in [1.82, 2.24) is 14.9 Å². The summed E-state index contributed by atoms with van der Waals surface area (Å²) >= 11 is 0. The topological polar surface area (TPSA) is 58.1 Å². The van der Waals surface area contributed by atoms with Gasteiger partial charge < -0.3 is 5.32 Å². The molecule has 2 atom stereocenters. The summed E-state index contributed by atoms with van der Waals surface area (Å²) in [7, 11) is 0. The molecule has 0 bridgehead atoms. The highest BCUT2D eigenvalue weighted by Crippen LogP contribution is 2.26. The minimum Gasteiger partial charge on any atom is -0.322 e. The number of aromatic nitrogens is 2. The minimum atomic E-state index is -0.176. The lowest BCUT2D eigenvalue weighted by Gasteiger charge is -2.38. The summed E-state index contributed by atoms with van der Waals surface area (Å²) in [6.45, 7) is 7.57.